The van der Waals surface area contributed by atoms with E-state index in [0.717, 1.165) is 0 Å². The predicted octanol–water partition coefficient (Wildman–Crippen LogP) is 0.730. The van der Waals surface area contributed by atoms with Gasteiger partial charge in [0.05, 0.1) is 11.4 Å². The number of carbonyl (C=O) groups is 3. The summed E-state index contributed by atoms with van der Waals surface area (Å²) >= 11 is 0. The van der Waals surface area contributed by atoms with Crippen molar-refractivity contribution in [1.29, 1.82) is 0 Å². The number of nitrogens with two attached hydrogens (primary N) is 1. The van der Waals surface area contributed by atoms with Gasteiger partial charge >= 0.3 is 0 Å². The number of amides is 3. The van der Waals surface area contributed by atoms with E-state index in [1.54, 1.807) is 24.3 Å². The third-order valence-corrected chi connectivity index (χ3v) is 3.88. The molecule has 0 fully saturated rings. The van der Waals surface area contributed by atoms with Crippen LogP contribution in [0.3, 0.4) is 0 Å². The largest absolute Gasteiger partial charge is 0.466 e. The fourth-order valence-corrected chi connectivity index (χ4v) is 2.41. The third-order valence-electron chi connectivity index (χ3n) is 3.88. The van der Waals surface area contributed by atoms with Gasteiger partial charge in [-0.05, 0) is 26.0 Å². The first-order valence-corrected chi connectivity index (χ1v) is 7.63. The SMILES string of the molecule is CCn1cc(NC(=O)[C@@]2(C)Oc3ccccc3NC2=O)c(C(N)=O)n1. The standard InChI is InChI=1S/C16H17N5O4/c1-3-21-8-10(12(20-21)13(17)22)19-15(24)16(2)14(23)18-9-6-4-5-7-11(9)25-16/h4-8H,3H2,1-2H3,(H2,17,22)(H,18,23)(H,19,24)/t16-/m0/s1. The van der Waals surface area contributed by atoms with Gasteiger partial charge in [0.2, 0.25) is 0 Å². The lowest BCUT2D eigenvalue weighted by molar-refractivity contribution is -0.143. The Morgan fingerprint density at radius 2 is 2.12 bits per heavy atom. The minimum Gasteiger partial charge on any atom is -0.466 e. The Labute approximate surface area is 143 Å². The van der Waals surface area contributed by atoms with Crippen LogP contribution in [-0.4, -0.2) is 33.1 Å². The number of carbonyl (C=O) groups excluding carboxylic acids is 3. The van der Waals surface area contributed by atoms with Gasteiger partial charge < -0.3 is 21.1 Å². The van der Waals surface area contributed by atoms with Crippen LogP contribution in [0.4, 0.5) is 11.4 Å². The van der Waals surface area contributed by atoms with Crippen molar-refractivity contribution in [3.63, 3.8) is 0 Å². The summed E-state index contributed by atoms with van der Waals surface area (Å²) in [5.74, 6) is -1.77. The number of nitrogens with one attached hydrogen (secondary N) is 2. The van der Waals surface area contributed by atoms with E-state index in [4.69, 9.17) is 10.5 Å². The average molecular weight is 343 g/mol. The summed E-state index contributed by atoms with van der Waals surface area (Å²) in [5.41, 5.74) is 3.99. The molecule has 1 aliphatic heterocycles. The summed E-state index contributed by atoms with van der Waals surface area (Å²) in [5, 5.41) is 9.13. The number of aryl methyl sites for hydroxylation is 1. The zero-order valence-electron chi connectivity index (χ0n) is 13.7. The zero-order chi connectivity index (χ0) is 18.2. The monoisotopic (exact) mass is 343 g/mol. The predicted molar refractivity (Wildman–Crippen MR) is 89.2 cm³/mol. The molecule has 9 nitrogen and oxygen atoms in total. The Hall–Kier alpha value is -3.36. The molecule has 1 aromatic carbocycles. The van der Waals surface area contributed by atoms with Gasteiger partial charge in [0.25, 0.3) is 23.3 Å². The topological polar surface area (TPSA) is 128 Å². The summed E-state index contributed by atoms with van der Waals surface area (Å²) in [4.78, 5) is 36.6. The van der Waals surface area contributed by atoms with Gasteiger partial charge in [-0.2, -0.15) is 5.10 Å². The number of hydrogen-bond donors (Lipinski definition) is 3. The first-order chi connectivity index (χ1) is 11.8. The van der Waals surface area contributed by atoms with Crippen molar-refractivity contribution < 1.29 is 19.1 Å². The van der Waals surface area contributed by atoms with Crippen molar-refractivity contribution in [2.24, 2.45) is 5.73 Å². The highest BCUT2D eigenvalue weighted by atomic mass is 16.5. The van der Waals surface area contributed by atoms with Gasteiger partial charge in [-0.3, -0.25) is 19.1 Å². The summed E-state index contributed by atoms with van der Waals surface area (Å²) in [6.45, 7) is 3.65. The van der Waals surface area contributed by atoms with Gasteiger partial charge in [-0.25, -0.2) is 0 Å². The second-order valence-electron chi connectivity index (χ2n) is 5.65. The Morgan fingerprint density at radius 1 is 1.40 bits per heavy atom. The van der Waals surface area contributed by atoms with E-state index in [9.17, 15) is 14.4 Å². The molecular formula is C16H17N5O4. The number of anilines is 2. The molecular weight excluding hydrogens is 326 g/mol. The first-order valence-electron chi connectivity index (χ1n) is 7.63. The number of primary amides is 1. The van der Waals surface area contributed by atoms with Gasteiger partial charge in [0.1, 0.15) is 5.75 Å². The van der Waals surface area contributed by atoms with E-state index in [1.165, 1.54) is 17.8 Å². The second-order valence-corrected chi connectivity index (χ2v) is 5.65. The Kier molecular flexibility index (Phi) is 3.91. The number of ether oxygens (including phenoxy) is 1. The highest BCUT2D eigenvalue weighted by Gasteiger charge is 2.47. The van der Waals surface area contributed by atoms with Crippen LogP contribution in [0.5, 0.6) is 5.75 Å². The molecule has 1 aromatic heterocycles. The van der Waals surface area contributed by atoms with E-state index in [0.29, 0.717) is 18.0 Å². The molecule has 130 valence electrons. The van der Waals surface area contributed by atoms with E-state index in [1.807, 2.05) is 6.92 Å². The molecule has 0 saturated heterocycles. The minimum absolute atomic E-state index is 0.0876. The fraction of sp³-hybridized carbons (Fsp3) is 0.250. The normalized spacial score (nSPS) is 18.7. The Bertz CT molecular complexity index is 875. The number of rotatable bonds is 4. The van der Waals surface area contributed by atoms with Crippen LogP contribution in [-0.2, 0) is 16.1 Å². The molecule has 1 atom stereocenters. The molecule has 9 heteroatoms. The van der Waals surface area contributed by atoms with Crippen LogP contribution in [0.1, 0.15) is 24.3 Å². The molecule has 0 bridgehead atoms. The first kappa shape index (κ1) is 16.5. The highest BCUT2D eigenvalue weighted by Crippen LogP contribution is 2.33. The number of fused-ring (bicyclic) bond motifs is 1. The smallest absolute Gasteiger partial charge is 0.278 e. The lowest BCUT2D eigenvalue weighted by Gasteiger charge is -2.33. The van der Waals surface area contributed by atoms with E-state index < -0.39 is 23.3 Å². The lowest BCUT2D eigenvalue weighted by Crippen LogP contribution is -2.56. The molecule has 0 aliphatic carbocycles. The molecule has 0 saturated carbocycles. The van der Waals surface area contributed by atoms with Crippen molar-refractivity contribution in [2.75, 3.05) is 10.6 Å². The van der Waals surface area contributed by atoms with Crippen LogP contribution in [0.25, 0.3) is 0 Å². The number of benzene rings is 1. The van der Waals surface area contributed by atoms with Crippen molar-refractivity contribution in [3.8, 4) is 5.75 Å². The van der Waals surface area contributed by atoms with E-state index in [2.05, 4.69) is 15.7 Å². The number of aromatic nitrogens is 2. The van der Waals surface area contributed by atoms with Crippen LogP contribution < -0.4 is 21.1 Å². The molecule has 2 aromatic rings. The van der Waals surface area contributed by atoms with Crippen molar-refractivity contribution in [3.05, 3.63) is 36.2 Å². The maximum atomic E-state index is 12.7. The molecule has 0 spiro atoms. The van der Waals surface area contributed by atoms with Crippen molar-refractivity contribution >= 4 is 29.1 Å². The van der Waals surface area contributed by atoms with Gasteiger partial charge in [-0.15, -0.1) is 0 Å². The molecule has 4 N–H and O–H groups in total. The van der Waals surface area contributed by atoms with E-state index >= 15 is 0 Å². The third kappa shape index (κ3) is 2.80. The Balaban J connectivity index is 1.90. The molecule has 0 radical (unpaired) electrons. The second kappa shape index (κ2) is 5.93. The van der Waals surface area contributed by atoms with Crippen molar-refractivity contribution in [2.45, 2.75) is 26.0 Å². The summed E-state index contributed by atoms with van der Waals surface area (Å²) < 4.78 is 7.09. The van der Waals surface area contributed by atoms with E-state index in [-0.39, 0.29) is 11.4 Å². The maximum absolute atomic E-state index is 12.7. The summed E-state index contributed by atoms with van der Waals surface area (Å²) in [6, 6.07) is 6.78. The average Bonchev–Trinajstić information content (AvgIpc) is 2.99. The summed E-state index contributed by atoms with van der Waals surface area (Å²) in [6.07, 6.45) is 1.47. The fourth-order valence-electron chi connectivity index (χ4n) is 2.41. The molecule has 3 amide bonds. The zero-order valence-corrected chi connectivity index (χ0v) is 13.7. The molecule has 3 rings (SSSR count). The minimum atomic E-state index is -1.81. The van der Waals surface area contributed by atoms with Crippen molar-refractivity contribution in [1.82, 2.24) is 9.78 Å². The van der Waals surface area contributed by atoms with Crippen LogP contribution in [0, 0.1) is 0 Å². The van der Waals surface area contributed by atoms with Crippen LogP contribution in [0.2, 0.25) is 0 Å². The highest BCUT2D eigenvalue weighted by molar-refractivity contribution is 6.19. The molecule has 2 heterocycles. The molecule has 25 heavy (non-hydrogen) atoms. The van der Waals surface area contributed by atoms with Gasteiger partial charge in [-0.1, -0.05) is 12.1 Å². The van der Waals surface area contributed by atoms with Gasteiger partial charge in [0.15, 0.2) is 5.69 Å². The maximum Gasteiger partial charge on any atom is 0.278 e. The number of hydrogen-bond acceptors (Lipinski definition) is 5. The lowest BCUT2D eigenvalue weighted by atomic mass is 10.0. The van der Waals surface area contributed by atoms with Crippen LogP contribution in [0.15, 0.2) is 30.5 Å². The number of para-hydroxylation sites is 2. The summed E-state index contributed by atoms with van der Waals surface area (Å²) in [7, 11) is 0. The molecule has 1 aliphatic rings. The quantitative estimate of drug-likeness (QED) is 0.705. The van der Waals surface area contributed by atoms with Gasteiger partial charge in [0, 0.05) is 12.7 Å². The molecule has 0 unspecified atom stereocenters. The Morgan fingerprint density at radius 3 is 2.80 bits per heavy atom. The van der Waals surface area contributed by atoms with Crippen LogP contribution >= 0.6 is 0 Å². The number of nitrogens with zero attached hydrogens (tertiary/aromatic N) is 2.